The van der Waals surface area contributed by atoms with Crippen molar-refractivity contribution in [2.24, 2.45) is 5.92 Å². The predicted molar refractivity (Wildman–Crippen MR) is 105 cm³/mol. The van der Waals surface area contributed by atoms with Gasteiger partial charge in [0.15, 0.2) is 0 Å². The van der Waals surface area contributed by atoms with Gasteiger partial charge in [-0.1, -0.05) is 6.92 Å². The van der Waals surface area contributed by atoms with E-state index in [1.54, 1.807) is 0 Å². The average Bonchev–Trinajstić information content (AvgIpc) is 3.40. The molecule has 3 N–H and O–H groups in total. The second-order valence-electron chi connectivity index (χ2n) is 7.17. The lowest BCUT2D eigenvalue weighted by molar-refractivity contribution is 0.0507. The van der Waals surface area contributed by atoms with Crippen molar-refractivity contribution in [3.05, 3.63) is 40.1 Å². The monoisotopic (exact) mass is 421 g/mol. The number of ether oxygens (including phenoxy) is 1. The maximum absolute atomic E-state index is 14.6. The highest BCUT2D eigenvalue weighted by molar-refractivity contribution is 7.89. The second kappa shape index (κ2) is 7.27. The van der Waals surface area contributed by atoms with Crippen molar-refractivity contribution >= 4 is 37.8 Å². The minimum atomic E-state index is -4.09. The van der Waals surface area contributed by atoms with Crippen LogP contribution >= 0.6 is 0 Å². The van der Waals surface area contributed by atoms with E-state index in [0.29, 0.717) is 6.42 Å². The summed E-state index contributed by atoms with van der Waals surface area (Å²) in [5.74, 6) is -1.35. The van der Waals surface area contributed by atoms with E-state index < -0.39 is 32.3 Å². The Labute approximate surface area is 165 Å². The number of pyridine rings is 1. The zero-order valence-corrected chi connectivity index (χ0v) is 16.5. The molecule has 0 bridgehead atoms. The lowest BCUT2D eigenvalue weighted by atomic mass is 10.1. The van der Waals surface area contributed by atoms with Crippen LogP contribution in [-0.2, 0) is 14.8 Å². The number of aromatic amines is 2. The van der Waals surface area contributed by atoms with Crippen molar-refractivity contribution in [2.45, 2.75) is 31.1 Å². The van der Waals surface area contributed by atoms with Crippen LogP contribution in [0.25, 0.3) is 21.8 Å². The molecule has 1 fully saturated rings. The van der Waals surface area contributed by atoms with Gasteiger partial charge in [-0.25, -0.2) is 22.3 Å². The summed E-state index contributed by atoms with van der Waals surface area (Å²) in [7, 11) is -4.09. The highest BCUT2D eigenvalue weighted by Crippen LogP contribution is 2.31. The van der Waals surface area contributed by atoms with Crippen molar-refractivity contribution in [3.63, 3.8) is 0 Å². The van der Waals surface area contributed by atoms with Gasteiger partial charge in [0.05, 0.1) is 17.7 Å². The Balaban J connectivity index is 1.90. The maximum Gasteiger partial charge on any atom is 0.340 e. The quantitative estimate of drug-likeness (QED) is 0.506. The van der Waals surface area contributed by atoms with Crippen LogP contribution < -0.4 is 10.3 Å². The topological polar surface area (TPSA) is 121 Å². The molecule has 1 aliphatic rings. The summed E-state index contributed by atoms with van der Waals surface area (Å²) in [6.07, 6.45) is 3.84. The van der Waals surface area contributed by atoms with Crippen LogP contribution in [0, 0.1) is 11.7 Å². The molecule has 0 radical (unpaired) electrons. The maximum atomic E-state index is 14.6. The molecule has 0 spiro atoms. The summed E-state index contributed by atoms with van der Waals surface area (Å²) in [4.78, 5) is 29.4. The van der Waals surface area contributed by atoms with Crippen LogP contribution in [0.5, 0.6) is 0 Å². The van der Waals surface area contributed by atoms with Crippen LogP contribution in [0.2, 0.25) is 0 Å². The number of hydrogen-bond donors (Lipinski definition) is 3. The third kappa shape index (κ3) is 3.65. The van der Waals surface area contributed by atoms with Crippen LogP contribution in [-0.4, -0.2) is 37.5 Å². The minimum absolute atomic E-state index is 0.0850. The molecule has 0 atom stereocenters. The van der Waals surface area contributed by atoms with Crippen LogP contribution in [0.3, 0.4) is 0 Å². The Morgan fingerprint density at radius 1 is 1.34 bits per heavy atom. The van der Waals surface area contributed by atoms with E-state index in [0.717, 1.165) is 25.0 Å². The number of rotatable bonds is 7. The number of sulfonamides is 1. The van der Waals surface area contributed by atoms with E-state index in [2.05, 4.69) is 14.7 Å². The van der Waals surface area contributed by atoms with Gasteiger partial charge in [0.25, 0.3) is 5.56 Å². The Morgan fingerprint density at radius 2 is 2.10 bits per heavy atom. The van der Waals surface area contributed by atoms with Gasteiger partial charge < -0.3 is 14.7 Å². The smallest absolute Gasteiger partial charge is 0.340 e. The van der Waals surface area contributed by atoms with Crippen molar-refractivity contribution in [2.75, 3.05) is 13.2 Å². The van der Waals surface area contributed by atoms with E-state index in [1.807, 2.05) is 6.92 Å². The number of H-pyrrole nitrogens is 2. The van der Waals surface area contributed by atoms with Crippen LogP contribution in [0.1, 0.15) is 36.5 Å². The van der Waals surface area contributed by atoms with Crippen molar-refractivity contribution in [3.8, 4) is 0 Å². The number of esters is 1. The summed E-state index contributed by atoms with van der Waals surface area (Å²) in [6, 6.07) is 2.10. The van der Waals surface area contributed by atoms with Gasteiger partial charge in [-0.15, -0.1) is 0 Å². The number of benzene rings is 1. The van der Waals surface area contributed by atoms with Gasteiger partial charge in [0, 0.05) is 23.5 Å². The Morgan fingerprint density at radius 3 is 2.79 bits per heavy atom. The third-order valence-corrected chi connectivity index (χ3v) is 6.34. The molecule has 0 amide bonds. The fourth-order valence-electron chi connectivity index (χ4n) is 3.20. The molecule has 10 heteroatoms. The zero-order chi connectivity index (χ0) is 20.8. The number of halogens is 1. The fourth-order valence-corrected chi connectivity index (χ4v) is 4.40. The molecule has 154 valence electrons. The molecular formula is C19H20FN3O5S. The molecule has 3 aromatic rings. The highest BCUT2D eigenvalue weighted by Gasteiger charge is 2.27. The summed E-state index contributed by atoms with van der Waals surface area (Å²) >= 11 is 0. The largest absolute Gasteiger partial charge is 0.462 e. The minimum Gasteiger partial charge on any atom is -0.462 e. The molecule has 1 saturated carbocycles. The molecule has 2 aromatic heterocycles. The first-order valence-electron chi connectivity index (χ1n) is 9.35. The Kier molecular flexibility index (Phi) is 4.91. The normalized spacial score (nSPS) is 14.6. The van der Waals surface area contributed by atoms with Crippen molar-refractivity contribution in [1.82, 2.24) is 14.7 Å². The summed E-state index contributed by atoms with van der Waals surface area (Å²) in [6.45, 7) is 2.29. The molecule has 1 aliphatic carbocycles. The zero-order valence-electron chi connectivity index (χ0n) is 15.7. The molecule has 2 heterocycles. The predicted octanol–water partition coefficient (Wildman–Crippen LogP) is 2.40. The molecule has 29 heavy (non-hydrogen) atoms. The van der Waals surface area contributed by atoms with Gasteiger partial charge in [-0.3, -0.25) is 4.79 Å². The number of aromatic nitrogens is 2. The van der Waals surface area contributed by atoms with Gasteiger partial charge >= 0.3 is 5.97 Å². The van der Waals surface area contributed by atoms with Gasteiger partial charge in [0.1, 0.15) is 16.2 Å². The Hall–Kier alpha value is -2.72. The van der Waals surface area contributed by atoms with E-state index in [1.165, 1.54) is 6.20 Å². The third-order valence-electron chi connectivity index (χ3n) is 4.90. The van der Waals surface area contributed by atoms with Crippen molar-refractivity contribution in [1.29, 1.82) is 0 Å². The first-order valence-corrected chi connectivity index (χ1v) is 10.8. The molecule has 0 saturated heterocycles. The number of carbonyl (C=O) groups excluding carboxylic acids is 1. The lowest BCUT2D eigenvalue weighted by Gasteiger charge is -2.10. The standard InChI is InChI=1S/C19H20FN3O5S/c1-2-5-28-19(25)12-9-21-17-16(12)11-6-15(13(20)7-14(11)23-18(17)24)29(26,27)22-8-10-3-4-10/h6-7,9-10,21-22H,2-5,8H2,1H3,(H,23,24). The lowest BCUT2D eigenvalue weighted by Crippen LogP contribution is -2.26. The van der Waals surface area contributed by atoms with Crippen LogP contribution in [0.4, 0.5) is 4.39 Å². The molecular weight excluding hydrogens is 401 g/mol. The van der Waals surface area contributed by atoms with E-state index in [-0.39, 0.29) is 46.4 Å². The van der Waals surface area contributed by atoms with Gasteiger partial charge in [-0.2, -0.15) is 0 Å². The summed E-state index contributed by atoms with van der Waals surface area (Å²) in [5.41, 5.74) is -0.290. The van der Waals surface area contributed by atoms with Crippen molar-refractivity contribution < 1.29 is 22.3 Å². The molecule has 0 unspecified atom stereocenters. The first-order chi connectivity index (χ1) is 13.8. The summed E-state index contributed by atoms with van der Waals surface area (Å²) < 4.78 is 47.4. The number of fused-ring (bicyclic) bond motifs is 3. The fraction of sp³-hybridized carbons (Fsp3) is 0.368. The van der Waals surface area contributed by atoms with E-state index in [4.69, 9.17) is 4.74 Å². The molecule has 4 rings (SSSR count). The highest BCUT2D eigenvalue weighted by atomic mass is 32.2. The Bertz CT molecular complexity index is 1270. The number of hydrogen-bond acceptors (Lipinski definition) is 5. The van der Waals surface area contributed by atoms with E-state index >= 15 is 0 Å². The SMILES string of the molecule is CCCOC(=O)c1c[nH]c2c(=O)[nH]c3cc(F)c(S(=O)(=O)NCC4CC4)cc3c12. The van der Waals surface area contributed by atoms with E-state index in [9.17, 15) is 22.4 Å². The van der Waals surface area contributed by atoms with Crippen LogP contribution in [0.15, 0.2) is 28.0 Å². The number of carbonyl (C=O) groups is 1. The second-order valence-corrected chi connectivity index (χ2v) is 8.90. The summed E-state index contributed by atoms with van der Waals surface area (Å²) in [5, 5.41) is 0.431. The molecule has 8 nitrogen and oxygen atoms in total. The first kappa shape index (κ1) is 19.6. The van der Waals surface area contributed by atoms with Gasteiger partial charge in [0.2, 0.25) is 10.0 Å². The molecule has 1 aromatic carbocycles. The van der Waals surface area contributed by atoms with Gasteiger partial charge in [-0.05, 0) is 37.3 Å². The average molecular weight is 421 g/mol. The molecule has 0 aliphatic heterocycles. The number of nitrogens with one attached hydrogen (secondary N) is 3.